The largest absolute Gasteiger partial charge is 0.480 e. The molecule has 0 bridgehead atoms. The summed E-state index contributed by atoms with van der Waals surface area (Å²) in [7, 11) is 1.71. The van der Waals surface area contributed by atoms with Crippen LogP contribution < -0.4 is 0 Å². The number of hydrogen-bond acceptors (Lipinski definition) is 4. The van der Waals surface area contributed by atoms with Crippen molar-refractivity contribution >= 4 is 5.97 Å². The quantitative estimate of drug-likeness (QED) is 0.773. The molecule has 5 nitrogen and oxygen atoms in total. The number of nitriles is 1. The highest BCUT2D eigenvalue weighted by atomic mass is 16.4. The predicted octanol–water partition coefficient (Wildman–Crippen LogP) is 0.470. The molecule has 0 amide bonds. The number of hydrogen-bond donors (Lipinski definition) is 1. The molecule has 0 radical (unpaired) electrons. The van der Waals surface area contributed by atoms with E-state index in [2.05, 4.69) is 4.98 Å². The van der Waals surface area contributed by atoms with Crippen molar-refractivity contribution in [3.8, 4) is 6.07 Å². The van der Waals surface area contributed by atoms with Crippen molar-refractivity contribution in [3.63, 3.8) is 0 Å². The lowest BCUT2D eigenvalue weighted by Gasteiger charge is -2.13. The highest BCUT2D eigenvalue weighted by Gasteiger charge is 2.05. The van der Waals surface area contributed by atoms with Crippen LogP contribution >= 0.6 is 0 Å². The molecule has 0 saturated heterocycles. The minimum atomic E-state index is -0.868. The maximum absolute atomic E-state index is 10.4. The van der Waals surface area contributed by atoms with Gasteiger partial charge in [-0.2, -0.15) is 5.26 Å². The second-order valence-electron chi connectivity index (χ2n) is 3.23. The maximum Gasteiger partial charge on any atom is 0.317 e. The van der Waals surface area contributed by atoms with E-state index in [-0.39, 0.29) is 6.54 Å². The summed E-state index contributed by atoms with van der Waals surface area (Å²) in [6.07, 6.45) is 1.54. The Morgan fingerprint density at radius 3 is 3.07 bits per heavy atom. The molecule has 1 aromatic heterocycles. The molecule has 1 heterocycles. The van der Waals surface area contributed by atoms with E-state index in [1.165, 1.54) is 0 Å². The monoisotopic (exact) mass is 205 g/mol. The van der Waals surface area contributed by atoms with E-state index in [0.29, 0.717) is 12.2 Å². The first-order valence-electron chi connectivity index (χ1n) is 4.37. The zero-order chi connectivity index (χ0) is 11.3. The molecular weight excluding hydrogens is 194 g/mol. The highest BCUT2D eigenvalue weighted by Crippen LogP contribution is 2.03. The van der Waals surface area contributed by atoms with Crippen LogP contribution in [0.3, 0.4) is 0 Å². The summed E-state index contributed by atoms with van der Waals surface area (Å²) in [4.78, 5) is 15.9. The fourth-order valence-corrected chi connectivity index (χ4v) is 1.23. The van der Waals surface area contributed by atoms with E-state index in [1.807, 2.05) is 6.07 Å². The van der Waals surface area contributed by atoms with Gasteiger partial charge in [0.25, 0.3) is 0 Å². The van der Waals surface area contributed by atoms with Gasteiger partial charge in [-0.15, -0.1) is 0 Å². The Kier molecular flexibility index (Phi) is 3.77. The van der Waals surface area contributed by atoms with E-state index in [1.54, 1.807) is 30.3 Å². The summed E-state index contributed by atoms with van der Waals surface area (Å²) in [6, 6.07) is 5.35. The lowest BCUT2D eigenvalue weighted by Crippen LogP contribution is -2.25. The number of carbonyl (C=O) groups is 1. The van der Waals surface area contributed by atoms with Crippen molar-refractivity contribution in [2.45, 2.75) is 6.54 Å². The number of aromatic nitrogens is 1. The molecule has 0 unspecified atom stereocenters. The van der Waals surface area contributed by atoms with Crippen molar-refractivity contribution in [2.75, 3.05) is 13.6 Å². The number of nitrogens with zero attached hydrogens (tertiary/aromatic N) is 3. The Bertz CT molecular complexity index is 398. The lowest BCUT2D eigenvalue weighted by molar-refractivity contribution is -0.138. The summed E-state index contributed by atoms with van der Waals surface area (Å²) in [5, 5.41) is 17.2. The van der Waals surface area contributed by atoms with Gasteiger partial charge in [-0.1, -0.05) is 0 Å². The normalized spacial score (nSPS) is 9.93. The molecule has 78 valence electrons. The lowest BCUT2D eigenvalue weighted by atomic mass is 10.2. The third kappa shape index (κ3) is 3.75. The average Bonchev–Trinajstić information content (AvgIpc) is 2.16. The van der Waals surface area contributed by atoms with Gasteiger partial charge in [0.05, 0.1) is 6.54 Å². The Labute approximate surface area is 87.6 Å². The zero-order valence-electron chi connectivity index (χ0n) is 8.34. The second kappa shape index (κ2) is 5.08. The highest BCUT2D eigenvalue weighted by molar-refractivity contribution is 5.69. The van der Waals surface area contributed by atoms with Crippen molar-refractivity contribution in [3.05, 3.63) is 29.6 Å². The molecule has 0 spiro atoms. The number of carboxylic acids is 1. The van der Waals surface area contributed by atoms with Crippen LogP contribution in [0, 0.1) is 11.3 Å². The molecule has 5 heteroatoms. The molecule has 1 N–H and O–H groups in total. The van der Waals surface area contributed by atoms with Crippen LogP contribution in [0.25, 0.3) is 0 Å². The fraction of sp³-hybridized carbons (Fsp3) is 0.300. The Morgan fingerprint density at radius 1 is 1.73 bits per heavy atom. The first-order chi connectivity index (χ1) is 7.11. The van der Waals surface area contributed by atoms with Crippen LogP contribution in [0.5, 0.6) is 0 Å². The number of pyridine rings is 1. The summed E-state index contributed by atoms with van der Waals surface area (Å²) in [5.74, 6) is -0.868. The Morgan fingerprint density at radius 2 is 2.47 bits per heavy atom. The van der Waals surface area contributed by atoms with Gasteiger partial charge in [0.2, 0.25) is 0 Å². The number of rotatable bonds is 4. The Balaban J connectivity index is 2.64. The van der Waals surface area contributed by atoms with Crippen LogP contribution in [-0.2, 0) is 11.3 Å². The van der Waals surface area contributed by atoms with Crippen LogP contribution in [0.4, 0.5) is 0 Å². The van der Waals surface area contributed by atoms with Gasteiger partial charge in [0, 0.05) is 12.7 Å². The molecule has 0 aromatic carbocycles. The van der Waals surface area contributed by atoms with Gasteiger partial charge in [-0.05, 0) is 24.7 Å². The SMILES string of the molecule is CN(CC(=O)O)Cc1ccnc(C#N)c1. The van der Waals surface area contributed by atoms with Crippen LogP contribution in [-0.4, -0.2) is 34.6 Å². The smallest absolute Gasteiger partial charge is 0.317 e. The molecule has 0 saturated carbocycles. The van der Waals surface area contributed by atoms with Gasteiger partial charge in [-0.3, -0.25) is 9.69 Å². The topological polar surface area (TPSA) is 77.2 Å². The van der Waals surface area contributed by atoms with E-state index < -0.39 is 5.97 Å². The summed E-state index contributed by atoms with van der Waals surface area (Å²) in [5.41, 5.74) is 1.22. The third-order valence-electron chi connectivity index (χ3n) is 1.80. The zero-order valence-corrected chi connectivity index (χ0v) is 8.34. The van der Waals surface area contributed by atoms with E-state index in [4.69, 9.17) is 10.4 Å². The van der Waals surface area contributed by atoms with Gasteiger partial charge < -0.3 is 5.11 Å². The third-order valence-corrected chi connectivity index (χ3v) is 1.80. The second-order valence-corrected chi connectivity index (χ2v) is 3.23. The van der Waals surface area contributed by atoms with Crippen LogP contribution in [0.2, 0.25) is 0 Å². The standard InChI is InChI=1S/C10H11N3O2/c1-13(7-10(14)15)6-8-2-3-12-9(4-8)5-11/h2-4H,6-7H2,1H3,(H,14,15). The van der Waals surface area contributed by atoms with Crippen LogP contribution in [0.1, 0.15) is 11.3 Å². The van der Waals surface area contributed by atoms with Crippen molar-refractivity contribution in [1.82, 2.24) is 9.88 Å². The van der Waals surface area contributed by atoms with Crippen molar-refractivity contribution < 1.29 is 9.90 Å². The first kappa shape index (κ1) is 11.1. The molecular formula is C10H11N3O2. The molecule has 0 aliphatic heterocycles. The van der Waals surface area contributed by atoms with Crippen molar-refractivity contribution in [1.29, 1.82) is 5.26 Å². The molecule has 15 heavy (non-hydrogen) atoms. The van der Waals surface area contributed by atoms with Gasteiger partial charge in [0.1, 0.15) is 11.8 Å². The Hall–Kier alpha value is -1.93. The first-order valence-corrected chi connectivity index (χ1v) is 4.37. The maximum atomic E-state index is 10.4. The number of likely N-dealkylation sites (N-methyl/N-ethyl adjacent to an activating group) is 1. The van der Waals surface area contributed by atoms with Gasteiger partial charge in [0.15, 0.2) is 0 Å². The molecule has 1 rings (SSSR count). The predicted molar refractivity (Wildman–Crippen MR) is 52.9 cm³/mol. The summed E-state index contributed by atoms with van der Waals surface area (Å²) < 4.78 is 0. The molecule has 0 fully saturated rings. The van der Waals surface area contributed by atoms with Gasteiger partial charge >= 0.3 is 5.97 Å². The minimum absolute atomic E-state index is 0.0236. The van der Waals surface area contributed by atoms with E-state index in [9.17, 15) is 4.79 Å². The molecule has 0 aliphatic carbocycles. The molecule has 1 aromatic rings. The van der Waals surface area contributed by atoms with Gasteiger partial charge in [-0.25, -0.2) is 4.98 Å². The number of carboxylic acid groups (broad SMARTS) is 1. The number of aliphatic carboxylic acids is 1. The fourth-order valence-electron chi connectivity index (χ4n) is 1.23. The molecule has 0 atom stereocenters. The minimum Gasteiger partial charge on any atom is -0.480 e. The van der Waals surface area contributed by atoms with E-state index in [0.717, 1.165) is 5.56 Å². The summed E-state index contributed by atoms with van der Waals surface area (Å²) >= 11 is 0. The average molecular weight is 205 g/mol. The van der Waals surface area contributed by atoms with E-state index >= 15 is 0 Å². The summed E-state index contributed by atoms with van der Waals surface area (Å²) in [6.45, 7) is 0.466. The van der Waals surface area contributed by atoms with Crippen LogP contribution in [0.15, 0.2) is 18.3 Å². The molecule has 0 aliphatic rings. The van der Waals surface area contributed by atoms with Crippen molar-refractivity contribution in [2.24, 2.45) is 0 Å².